The summed E-state index contributed by atoms with van der Waals surface area (Å²) in [6, 6.07) is 10.3. The standard InChI is InChI=1S/C16H25IN2/c1-12(19-16-5-3-2-4-15(16)18)6-7-13-8-10-14(17)11-9-13/h8-12,15-16,19H,2-7,18H2,1H3/t12?,15-,16-/m1/s1. The molecule has 1 fully saturated rings. The fourth-order valence-corrected chi connectivity index (χ4v) is 3.21. The fourth-order valence-electron chi connectivity index (χ4n) is 2.85. The van der Waals surface area contributed by atoms with E-state index in [1.54, 1.807) is 0 Å². The lowest BCUT2D eigenvalue weighted by Gasteiger charge is -2.32. The molecule has 1 unspecified atom stereocenters. The molecule has 0 aliphatic heterocycles. The molecule has 2 rings (SSSR count). The first kappa shape index (κ1) is 15.3. The van der Waals surface area contributed by atoms with Crippen molar-refractivity contribution in [2.24, 2.45) is 5.73 Å². The molecule has 0 aromatic heterocycles. The van der Waals surface area contributed by atoms with Gasteiger partial charge in [-0.05, 0) is 72.9 Å². The van der Waals surface area contributed by atoms with Crippen LogP contribution in [0.15, 0.2) is 24.3 Å². The molecule has 3 heteroatoms. The minimum atomic E-state index is 0.356. The van der Waals surface area contributed by atoms with E-state index in [1.165, 1.54) is 41.2 Å². The zero-order chi connectivity index (χ0) is 13.7. The van der Waals surface area contributed by atoms with Gasteiger partial charge in [-0.15, -0.1) is 0 Å². The van der Waals surface area contributed by atoms with Gasteiger partial charge in [0.1, 0.15) is 0 Å². The van der Waals surface area contributed by atoms with Crippen molar-refractivity contribution in [3.63, 3.8) is 0 Å². The summed E-state index contributed by atoms with van der Waals surface area (Å²) in [5, 5.41) is 3.72. The van der Waals surface area contributed by atoms with E-state index in [0.29, 0.717) is 18.1 Å². The van der Waals surface area contributed by atoms with Crippen molar-refractivity contribution >= 4 is 22.6 Å². The maximum atomic E-state index is 6.19. The molecule has 0 heterocycles. The van der Waals surface area contributed by atoms with Crippen molar-refractivity contribution in [1.29, 1.82) is 0 Å². The molecular weight excluding hydrogens is 347 g/mol. The van der Waals surface area contributed by atoms with Gasteiger partial charge in [-0.25, -0.2) is 0 Å². The van der Waals surface area contributed by atoms with E-state index in [9.17, 15) is 0 Å². The average Bonchev–Trinajstić information content (AvgIpc) is 2.41. The summed E-state index contributed by atoms with van der Waals surface area (Å²) >= 11 is 2.35. The van der Waals surface area contributed by atoms with Crippen LogP contribution in [-0.4, -0.2) is 18.1 Å². The number of hydrogen-bond donors (Lipinski definition) is 2. The number of nitrogens with two attached hydrogens (primary N) is 1. The quantitative estimate of drug-likeness (QED) is 0.777. The number of benzene rings is 1. The first-order valence-corrected chi connectivity index (χ1v) is 8.49. The van der Waals surface area contributed by atoms with Crippen molar-refractivity contribution in [3.8, 4) is 0 Å². The fraction of sp³-hybridized carbons (Fsp3) is 0.625. The van der Waals surface area contributed by atoms with Gasteiger partial charge in [0, 0.05) is 21.7 Å². The molecular formula is C16H25IN2. The van der Waals surface area contributed by atoms with Crippen molar-refractivity contribution in [3.05, 3.63) is 33.4 Å². The van der Waals surface area contributed by atoms with E-state index in [2.05, 4.69) is 59.1 Å². The number of hydrogen-bond acceptors (Lipinski definition) is 2. The Morgan fingerprint density at radius 2 is 1.95 bits per heavy atom. The SMILES string of the molecule is CC(CCc1ccc(I)cc1)N[C@@H]1CCCC[C@H]1N. The first-order chi connectivity index (χ1) is 9.15. The summed E-state index contributed by atoms with van der Waals surface area (Å²) in [5.41, 5.74) is 7.62. The molecule has 1 aromatic rings. The number of halogens is 1. The number of aryl methyl sites for hydroxylation is 1. The molecule has 0 spiro atoms. The van der Waals surface area contributed by atoms with Gasteiger partial charge in [-0.2, -0.15) is 0 Å². The smallest absolute Gasteiger partial charge is 0.0221 e. The summed E-state index contributed by atoms with van der Waals surface area (Å²) in [7, 11) is 0. The highest BCUT2D eigenvalue weighted by atomic mass is 127. The van der Waals surface area contributed by atoms with Crippen molar-refractivity contribution in [2.45, 2.75) is 63.6 Å². The first-order valence-electron chi connectivity index (χ1n) is 7.41. The van der Waals surface area contributed by atoms with Crippen LogP contribution in [0.25, 0.3) is 0 Å². The second-order valence-electron chi connectivity index (χ2n) is 5.79. The number of nitrogens with one attached hydrogen (secondary N) is 1. The predicted octanol–water partition coefficient (Wildman–Crippen LogP) is 3.47. The highest BCUT2D eigenvalue weighted by Gasteiger charge is 2.22. The highest BCUT2D eigenvalue weighted by molar-refractivity contribution is 14.1. The van der Waals surface area contributed by atoms with E-state index in [0.717, 1.165) is 6.42 Å². The molecule has 1 aliphatic rings. The molecule has 0 bridgehead atoms. The van der Waals surface area contributed by atoms with E-state index >= 15 is 0 Å². The third-order valence-electron chi connectivity index (χ3n) is 4.10. The molecule has 1 aliphatic carbocycles. The third kappa shape index (κ3) is 5.04. The zero-order valence-electron chi connectivity index (χ0n) is 11.7. The van der Waals surface area contributed by atoms with Crippen LogP contribution < -0.4 is 11.1 Å². The lowest BCUT2D eigenvalue weighted by molar-refractivity contribution is 0.300. The lowest BCUT2D eigenvalue weighted by Crippen LogP contribution is -2.50. The molecule has 0 saturated heterocycles. The van der Waals surface area contributed by atoms with Crippen LogP contribution in [0.4, 0.5) is 0 Å². The minimum Gasteiger partial charge on any atom is -0.326 e. The van der Waals surface area contributed by atoms with Crippen molar-refractivity contribution < 1.29 is 0 Å². The van der Waals surface area contributed by atoms with E-state index in [-0.39, 0.29) is 0 Å². The van der Waals surface area contributed by atoms with Gasteiger partial charge in [-0.1, -0.05) is 25.0 Å². The minimum absolute atomic E-state index is 0.356. The Morgan fingerprint density at radius 3 is 2.63 bits per heavy atom. The molecule has 3 N–H and O–H groups in total. The van der Waals surface area contributed by atoms with Crippen molar-refractivity contribution in [2.75, 3.05) is 0 Å². The molecule has 106 valence electrons. The number of rotatable bonds is 5. The van der Waals surface area contributed by atoms with Crippen LogP contribution >= 0.6 is 22.6 Å². The molecule has 2 nitrogen and oxygen atoms in total. The van der Waals surface area contributed by atoms with Gasteiger partial charge in [0.25, 0.3) is 0 Å². The second-order valence-corrected chi connectivity index (χ2v) is 7.03. The summed E-state index contributed by atoms with van der Waals surface area (Å²) in [4.78, 5) is 0. The Balaban J connectivity index is 1.74. The van der Waals surface area contributed by atoms with E-state index < -0.39 is 0 Å². The largest absolute Gasteiger partial charge is 0.326 e. The normalized spacial score (nSPS) is 25.2. The monoisotopic (exact) mass is 372 g/mol. The molecule has 19 heavy (non-hydrogen) atoms. The third-order valence-corrected chi connectivity index (χ3v) is 4.82. The summed E-state index contributed by atoms with van der Waals surface area (Å²) < 4.78 is 1.31. The molecule has 1 saturated carbocycles. The highest BCUT2D eigenvalue weighted by Crippen LogP contribution is 2.18. The Morgan fingerprint density at radius 1 is 1.26 bits per heavy atom. The van der Waals surface area contributed by atoms with Crippen molar-refractivity contribution in [1.82, 2.24) is 5.32 Å². The van der Waals surface area contributed by atoms with Crippen LogP contribution in [0.5, 0.6) is 0 Å². The van der Waals surface area contributed by atoms with Gasteiger partial charge in [-0.3, -0.25) is 0 Å². The Kier molecular flexibility index (Phi) is 6.10. The summed E-state index contributed by atoms with van der Waals surface area (Å²) in [6.45, 7) is 2.29. The second kappa shape index (κ2) is 7.60. The molecule has 0 radical (unpaired) electrons. The average molecular weight is 372 g/mol. The van der Waals surface area contributed by atoms with Crippen LogP contribution in [0.1, 0.15) is 44.6 Å². The van der Waals surface area contributed by atoms with Crippen LogP contribution in [0, 0.1) is 3.57 Å². The van der Waals surface area contributed by atoms with Gasteiger partial charge in [0.15, 0.2) is 0 Å². The maximum Gasteiger partial charge on any atom is 0.0221 e. The van der Waals surface area contributed by atoms with Gasteiger partial charge >= 0.3 is 0 Å². The van der Waals surface area contributed by atoms with E-state index in [1.807, 2.05) is 0 Å². The van der Waals surface area contributed by atoms with Gasteiger partial charge < -0.3 is 11.1 Å². The van der Waals surface area contributed by atoms with Crippen LogP contribution in [0.3, 0.4) is 0 Å². The summed E-state index contributed by atoms with van der Waals surface area (Å²) in [5.74, 6) is 0. The summed E-state index contributed by atoms with van der Waals surface area (Å²) in [6.07, 6.45) is 7.39. The lowest BCUT2D eigenvalue weighted by atomic mass is 9.90. The zero-order valence-corrected chi connectivity index (χ0v) is 13.9. The molecule has 0 amide bonds. The maximum absolute atomic E-state index is 6.19. The van der Waals surface area contributed by atoms with Gasteiger partial charge in [0.05, 0.1) is 0 Å². The van der Waals surface area contributed by atoms with Crippen LogP contribution in [0.2, 0.25) is 0 Å². The van der Waals surface area contributed by atoms with Gasteiger partial charge in [0.2, 0.25) is 0 Å². The Bertz CT molecular complexity index is 377. The Labute approximate surface area is 130 Å². The molecule has 3 atom stereocenters. The molecule has 1 aromatic carbocycles. The predicted molar refractivity (Wildman–Crippen MR) is 90.3 cm³/mol. The topological polar surface area (TPSA) is 38.0 Å². The van der Waals surface area contributed by atoms with Crippen LogP contribution in [-0.2, 0) is 6.42 Å². The van der Waals surface area contributed by atoms with E-state index in [4.69, 9.17) is 5.73 Å². The Hall–Kier alpha value is -0.130.